The lowest BCUT2D eigenvalue weighted by Crippen LogP contribution is -2.26. The summed E-state index contributed by atoms with van der Waals surface area (Å²) in [5.74, 6) is 0.815. The van der Waals surface area contributed by atoms with E-state index in [9.17, 15) is 9.59 Å². The summed E-state index contributed by atoms with van der Waals surface area (Å²) < 4.78 is 15.0. The van der Waals surface area contributed by atoms with Gasteiger partial charge in [0, 0.05) is 33.5 Å². The maximum absolute atomic E-state index is 13.3. The van der Waals surface area contributed by atoms with Gasteiger partial charge in [-0.25, -0.2) is 9.78 Å². The average Bonchev–Trinajstić information content (AvgIpc) is 3.17. The van der Waals surface area contributed by atoms with Crippen molar-refractivity contribution in [2.45, 2.75) is 53.6 Å². The van der Waals surface area contributed by atoms with E-state index in [0.29, 0.717) is 35.5 Å². The molecular formula is C29H31BrN4O4. The SMILES string of the molecule is CCCc1nc2ccc(Br)cc2c(=O)n1N=Cc1cc(C)n(-c2ccc(O[C@@H](C)C(=O)OCC)cc2)c1C. The summed E-state index contributed by atoms with van der Waals surface area (Å²) in [6.07, 6.45) is 2.51. The van der Waals surface area contributed by atoms with Crippen LogP contribution < -0.4 is 10.3 Å². The fourth-order valence-corrected chi connectivity index (χ4v) is 4.68. The molecule has 2 heterocycles. The molecular weight excluding hydrogens is 548 g/mol. The number of ether oxygens (including phenoxy) is 2. The molecule has 198 valence electrons. The first-order valence-corrected chi connectivity index (χ1v) is 13.4. The van der Waals surface area contributed by atoms with Crippen molar-refractivity contribution in [3.8, 4) is 11.4 Å². The van der Waals surface area contributed by atoms with Gasteiger partial charge in [0.2, 0.25) is 0 Å². The third-order valence-corrected chi connectivity index (χ3v) is 6.65. The molecule has 0 bridgehead atoms. The second-order valence-corrected chi connectivity index (χ2v) is 9.88. The van der Waals surface area contributed by atoms with Gasteiger partial charge in [-0.1, -0.05) is 22.9 Å². The molecule has 0 aliphatic heterocycles. The van der Waals surface area contributed by atoms with Crippen LogP contribution in [-0.2, 0) is 16.0 Å². The number of carbonyl (C=O) groups is 1. The Hall–Kier alpha value is -3.72. The van der Waals surface area contributed by atoms with Gasteiger partial charge in [-0.3, -0.25) is 4.79 Å². The highest BCUT2D eigenvalue weighted by Crippen LogP contribution is 2.23. The number of hydrogen-bond acceptors (Lipinski definition) is 6. The normalized spacial score (nSPS) is 12.3. The zero-order valence-electron chi connectivity index (χ0n) is 22.2. The summed E-state index contributed by atoms with van der Waals surface area (Å²) in [7, 11) is 0. The van der Waals surface area contributed by atoms with Crippen LogP contribution >= 0.6 is 15.9 Å². The molecule has 2 aromatic heterocycles. The van der Waals surface area contributed by atoms with Gasteiger partial charge in [0.25, 0.3) is 5.56 Å². The van der Waals surface area contributed by atoms with E-state index >= 15 is 0 Å². The molecule has 0 N–H and O–H groups in total. The van der Waals surface area contributed by atoms with Gasteiger partial charge in [-0.2, -0.15) is 9.78 Å². The van der Waals surface area contributed by atoms with Crippen molar-refractivity contribution in [3.05, 3.63) is 86.1 Å². The van der Waals surface area contributed by atoms with Crippen LogP contribution in [0.1, 0.15) is 50.0 Å². The van der Waals surface area contributed by atoms with E-state index in [4.69, 9.17) is 14.5 Å². The van der Waals surface area contributed by atoms with E-state index in [1.165, 1.54) is 4.68 Å². The zero-order chi connectivity index (χ0) is 27.4. The molecule has 0 spiro atoms. The van der Waals surface area contributed by atoms with Crippen molar-refractivity contribution in [1.29, 1.82) is 0 Å². The predicted molar refractivity (Wildman–Crippen MR) is 153 cm³/mol. The van der Waals surface area contributed by atoms with Crippen LogP contribution in [0.15, 0.2) is 62.9 Å². The Bertz CT molecular complexity index is 1550. The number of esters is 1. The van der Waals surface area contributed by atoms with Crippen LogP contribution in [0.3, 0.4) is 0 Å². The van der Waals surface area contributed by atoms with Crippen molar-refractivity contribution >= 4 is 39.0 Å². The summed E-state index contributed by atoms with van der Waals surface area (Å²) in [4.78, 5) is 29.9. The lowest BCUT2D eigenvalue weighted by molar-refractivity contribution is -0.150. The number of aromatic nitrogens is 3. The van der Waals surface area contributed by atoms with E-state index in [2.05, 4.69) is 25.6 Å². The first kappa shape index (κ1) is 27.3. The Morgan fingerprint density at radius 1 is 1.13 bits per heavy atom. The molecule has 0 radical (unpaired) electrons. The second kappa shape index (κ2) is 11.8. The van der Waals surface area contributed by atoms with E-state index in [-0.39, 0.29) is 5.56 Å². The third-order valence-electron chi connectivity index (χ3n) is 6.16. The molecule has 0 fully saturated rings. The Morgan fingerprint density at radius 3 is 2.55 bits per heavy atom. The van der Waals surface area contributed by atoms with Crippen LogP contribution in [0.25, 0.3) is 16.6 Å². The minimum Gasteiger partial charge on any atom is -0.479 e. The Morgan fingerprint density at radius 2 is 1.87 bits per heavy atom. The van der Waals surface area contributed by atoms with Crippen LogP contribution in [0.4, 0.5) is 0 Å². The molecule has 2 aromatic carbocycles. The number of nitrogens with zero attached hydrogens (tertiary/aromatic N) is 4. The first-order valence-electron chi connectivity index (χ1n) is 12.6. The quantitative estimate of drug-likeness (QED) is 0.187. The number of fused-ring (bicyclic) bond motifs is 1. The molecule has 9 heteroatoms. The largest absolute Gasteiger partial charge is 0.479 e. The summed E-state index contributed by atoms with van der Waals surface area (Å²) in [5.41, 5.74) is 4.28. The van der Waals surface area contributed by atoms with Crippen molar-refractivity contribution < 1.29 is 14.3 Å². The monoisotopic (exact) mass is 578 g/mol. The first-order chi connectivity index (χ1) is 18.2. The summed E-state index contributed by atoms with van der Waals surface area (Å²) in [5, 5.41) is 5.10. The van der Waals surface area contributed by atoms with Gasteiger partial charge >= 0.3 is 5.97 Å². The van der Waals surface area contributed by atoms with E-state index in [0.717, 1.165) is 33.5 Å². The van der Waals surface area contributed by atoms with Gasteiger partial charge in [0.15, 0.2) is 6.10 Å². The van der Waals surface area contributed by atoms with Crippen molar-refractivity contribution in [2.75, 3.05) is 6.61 Å². The number of carbonyl (C=O) groups excluding carboxylic acids is 1. The molecule has 1 atom stereocenters. The second-order valence-electron chi connectivity index (χ2n) is 8.97. The molecule has 38 heavy (non-hydrogen) atoms. The fraction of sp³-hybridized carbons (Fsp3) is 0.310. The van der Waals surface area contributed by atoms with E-state index < -0.39 is 12.1 Å². The van der Waals surface area contributed by atoms with Crippen molar-refractivity contribution in [1.82, 2.24) is 14.2 Å². The zero-order valence-corrected chi connectivity index (χ0v) is 23.8. The molecule has 0 aliphatic carbocycles. The van der Waals surface area contributed by atoms with Crippen molar-refractivity contribution in [2.24, 2.45) is 5.10 Å². The number of benzene rings is 2. The smallest absolute Gasteiger partial charge is 0.347 e. The lowest BCUT2D eigenvalue weighted by Gasteiger charge is -2.15. The lowest BCUT2D eigenvalue weighted by atomic mass is 10.2. The highest BCUT2D eigenvalue weighted by molar-refractivity contribution is 9.10. The van der Waals surface area contributed by atoms with Crippen molar-refractivity contribution in [3.63, 3.8) is 0 Å². The highest BCUT2D eigenvalue weighted by atomic mass is 79.9. The van der Waals surface area contributed by atoms with Gasteiger partial charge in [0.05, 0.1) is 23.7 Å². The number of halogens is 1. The molecule has 0 saturated heterocycles. The molecule has 4 aromatic rings. The summed E-state index contributed by atoms with van der Waals surface area (Å²) in [6, 6.07) is 15.1. The topological polar surface area (TPSA) is 87.7 Å². The van der Waals surface area contributed by atoms with E-state index in [1.807, 2.05) is 63.2 Å². The number of rotatable bonds is 9. The molecule has 0 saturated carbocycles. The number of aryl methyl sites for hydroxylation is 2. The Labute approximate surface area is 230 Å². The molecule has 4 rings (SSSR count). The summed E-state index contributed by atoms with van der Waals surface area (Å²) in [6.45, 7) is 9.81. The van der Waals surface area contributed by atoms with Gasteiger partial charge in [-0.05, 0) is 82.6 Å². The molecule has 0 unspecified atom stereocenters. The van der Waals surface area contributed by atoms with Crippen LogP contribution in [-0.4, -0.2) is 39.1 Å². The molecule has 8 nitrogen and oxygen atoms in total. The maximum atomic E-state index is 13.3. The van der Waals surface area contributed by atoms with Gasteiger partial charge in [0.1, 0.15) is 11.6 Å². The average molecular weight is 579 g/mol. The molecule has 0 amide bonds. The summed E-state index contributed by atoms with van der Waals surface area (Å²) >= 11 is 3.44. The minimum absolute atomic E-state index is 0.197. The standard InChI is InChI=1S/C29H31BrN4O4/c1-6-8-27-32-26-14-9-22(30)16-25(26)28(35)34(27)31-17-21-15-18(3)33(19(21)4)23-10-12-24(13-11-23)38-20(5)29(36)37-7-2/h9-17,20H,6-8H2,1-5H3/t20-/m0/s1. The Balaban J connectivity index is 1.64. The van der Waals surface area contributed by atoms with Crippen LogP contribution in [0, 0.1) is 13.8 Å². The van der Waals surface area contributed by atoms with Crippen LogP contribution in [0.5, 0.6) is 5.75 Å². The highest BCUT2D eigenvalue weighted by Gasteiger charge is 2.16. The predicted octanol–water partition coefficient (Wildman–Crippen LogP) is 5.73. The fourth-order valence-electron chi connectivity index (χ4n) is 4.32. The van der Waals surface area contributed by atoms with Gasteiger partial charge < -0.3 is 14.0 Å². The number of hydrogen-bond donors (Lipinski definition) is 0. The molecule has 0 aliphatic rings. The minimum atomic E-state index is -0.689. The maximum Gasteiger partial charge on any atom is 0.347 e. The third kappa shape index (κ3) is 5.72. The van der Waals surface area contributed by atoms with Crippen LogP contribution in [0.2, 0.25) is 0 Å². The Kier molecular flexibility index (Phi) is 8.46. The van der Waals surface area contributed by atoms with Gasteiger partial charge in [-0.15, -0.1) is 0 Å². The van der Waals surface area contributed by atoms with E-state index in [1.54, 1.807) is 26.1 Å².